The highest BCUT2D eigenvalue weighted by Crippen LogP contribution is 2.14. The van der Waals surface area contributed by atoms with E-state index >= 15 is 0 Å². The maximum atomic E-state index is 12.9. The van der Waals surface area contributed by atoms with Gasteiger partial charge in [-0.1, -0.05) is 23.7 Å². The fourth-order valence-electron chi connectivity index (χ4n) is 2.31. The normalized spacial score (nSPS) is 10.3. The minimum Gasteiger partial charge on any atom is -0.348 e. The van der Waals surface area contributed by atoms with Gasteiger partial charge in [0.15, 0.2) is 0 Å². The van der Waals surface area contributed by atoms with E-state index in [4.69, 9.17) is 11.6 Å². The Kier molecular flexibility index (Phi) is 5.78. The molecule has 0 aliphatic rings. The van der Waals surface area contributed by atoms with E-state index in [2.05, 4.69) is 15.6 Å². The van der Waals surface area contributed by atoms with Crippen molar-refractivity contribution < 1.29 is 14.0 Å². The Morgan fingerprint density at radius 2 is 1.67 bits per heavy atom. The molecular weight excluding hydrogens is 369 g/mol. The molecule has 2 aromatic carbocycles. The van der Waals surface area contributed by atoms with Crippen molar-refractivity contribution in [1.29, 1.82) is 0 Å². The van der Waals surface area contributed by atoms with Crippen LogP contribution in [0, 0.1) is 5.82 Å². The number of pyridine rings is 1. The molecule has 0 saturated carbocycles. The summed E-state index contributed by atoms with van der Waals surface area (Å²) in [6.45, 7) is 0.244. The number of hydrogen-bond donors (Lipinski definition) is 2. The first kappa shape index (κ1) is 18.5. The van der Waals surface area contributed by atoms with Crippen molar-refractivity contribution in [1.82, 2.24) is 10.3 Å². The second-order valence-corrected chi connectivity index (χ2v) is 6.14. The van der Waals surface area contributed by atoms with Crippen molar-refractivity contribution in [3.8, 4) is 0 Å². The van der Waals surface area contributed by atoms with Crippen LogP contribution in [-0.2, 0) is 6.54 Å². The highest BCUT2D eigenvalue weighted by atomic mass is 35.5. The molecule has 0 spiro atoms. The number of amides is 2. The SMILES string of the molecule is O=C(NCc1ccc(F)cc1)c1ccnc(C(=O)Nc2ccc(Cl)cc2)c1. The number of benzene rings is 2. The van der Waals surface area contributed by atoms with Crippen LogP contribution in [0.2, 0.25) is 5.02 Å². The van der Waals surface area contributed by atoms with Crippen molar-refractivity contribution in [3.05, 3.63) is 94.5 Å². The number of nitrogens with one attached hydrogen (secondary N) is 2. The zero-order chi connectivity index (χ0) is 19.2. The minimum absolute atomic E-state index is 0.111. The average Bonchev–Trinajstić information content (AvgIpc) is 2.69. The van der Waals surface area contributed by atoms with Gasteiger partial charge in [-0.3, -0.25) is 14.6 Å². The summed E-state index contributed by atoms with van der Waals surface area (Å²) < 4.78 is 12.9. The Labute approximate surface area is 160 Å². The van der Waals surface area contributed by atoms with E-state index in [9.17, 15) is 14.0 Å². The first-order valence-corrected chi connectivity index (χ1v) is 8.45. The second kappa shape index (κ2) is 8.42. The monoisotopic (exact) mass is 383 g/mol. The molecule has 136 valence electrons. The quantitative estimate of drug-likeness (QED) is 0.698. The number of rotatable bonds is 5. The standard InChI is InChI=1S/C20H15ClFN3O2/c21-15-3-7-17(8-4-15)25-20(27)18-11-14(9-10-23-18)19(26)24-12-13-1-5-16(22)6-2-13/h1-11H,12H2,(H,24,26)(H,25,27). The minimum atomic E-state index is -0.439. The lowest BCUT2D eigenvalue weighted by Gasteiger charge is -2.08. The smallest absolute Gasteiger partial charge is 0.274 e. The topological polar surface area (TPSA) is 71.1 Å². The van der Waals surface area contributed by atoms with Crippen LogP contribution in [0.3, 0.4) is 0 Å². The first-order chi connectivity index (χ1) is 13.0. The Morgan fingerprint density at radius 3 is 2.37 bits per heavy atom. The van der Waals surface area contributed by atoms with Gasteiger partial charge in [-0.2, -0.15) is 0 Å². The summed E-state index contributed by atoms with van der Waals surface area (Å²) in [4.78, 5) is 28.6. The van der Waals surface area contributed by atoms with Gasteiger partial charge in [0.25, 0.3) is 11.8 Å². The predicted octanol–water partition coefficient (Wildman–Crippen LogP) is 4.06. The molecule has 2 N–H and O–H groups in total. The van der Waals surface area contributed by atoms with E-state index in [1.807, 2.05) is 0 Å². The van der Waals surface area contributed by atoms with Crippen LogP contribution in [-0.4, -0.2) is 16.8 Å². The second-order valence-electron chi connectivity index (χ2n) is 5.70. The largest absolute Gasteiger partial charge is 0.348 e. The molecule has 2 amide bonds. The summed E-state index contributed by atoms with van der Waals surface area (Å²) in [5, 5.41) is 5.97. The Bertz CT molecular complexity index is 960. The molecule has 5 nitrogen and oxygen atoms in total. The highest BCUT2D eigenvalue weighted by molar-refractivity contribution is 6.30. The van der Waals surface area contributed by atoms with Crippen molar-refractivity contribution in [2.45, 2.75) is 6.54 Å². The van der Waals surface area contributed by atoms with Crippen molar-refractivity contribution in [2.75, 3.05) is 5.32 Å². The zero-order valence-corrected chi connectivity index (χ0v) is 14.8. The number of hydrogen-bond acceptors (Lipinski definition) is 3. The molecule has 0 aliphatic heterocycles. The fraction of sp³-hybridized carbons (Fsp3) is 0.0500. The predicted molar refractivity (Wildman–Crippen MR) is 101 cm³/mol. The summed E-state index contributed by atoms with van der Waals surface area (Å²) >= 11 is 5.81. The van der Waals surface area contributed by atoms with Gasteiger partial charge in [-0.25, -0.2) is 4.39 Å². The van der Waals surface area contributed by atoms with Crippen LogP contribution in [0.1, 0.15) is 26.4 Å². The molecule has 1 aromatic heterocycles. The number of halogens is 2. The summed E-state index contributed by atoms with van der Waals surface area (Å²) in [5.41, 5.74) is 1.74. The fourth-order valence-corrected chi connectivity index (χ4v) is 2.44. The van der Waals surface area contributed by atoms with Gasteiger partial charge in [-0.05, 0) is 54.1 Å². The summed E-state index contributed by atoms with van der Waals surface area (Å²) in [5.74, 6) is -1.14. The number of anilines is 1. The lowest BCUT2D eigenvalue weighted by molar-refractivity contribution is 0.0951. The van der Waals surface area contributed by atoms with E-state index in [-0.39, 0.29) is 24.0 Å². The maximum absolute atomic E-state index is 12.9. The van der Waals surface area contributed by atoms with Crippen LogP contribution in [0.25, 0.3) is 0 Å². The van der Waals surface area contributed by atoms with E-state index < -0.39 is 5.91 Å². The van der Waals surface area contributed by atoms with Crippen LogP contribution >= 0.6 is 11.6 Å². The van der Waals surface area contributed by atoms with Gasteiger partial charge in [-0.15, -0.1) is 0 Å². The molecule has 0 atom stereocenters. The Morgan fingerprint density at radius 1 is 0.963 bits per heavy atom. The Balaban J connectivity index is 1.65. The van der Waals surface area contributed by atoms with Crippen LogP contribution in [0.4, 0.5) is 10.1 Å². The summed E-state index contributed by atoms with van der Waals surface area (Å²) in [6, 6.07) is 15.4. The number of aromatic nitrogens is 1. The third-order valence-corrected chi connectivity index (χ3v) is 3.98. The van der Waals surface area contributed by atoms with Crippen molar-refractivity contribution in [3.63, 3.8) is 0 Å². The molecule has 0 aliphatic carbocycles. The number of carbonyl (C=O) groups is 2. The molecule has 0 saturated heterocycles. The van der Waals surface area contributed by atoms with E-state index in [0.29, 0.717) is 16.3 Å². The average molecular weight is 384 g/mol. The highest BCUT2D eigenvalue weighted by Gasteiger charge is 2.12. The Hall–Kier alpha value is -3.25. The van der Waals surface area contributed by atoms with Gasteiger partial charge >= 0.3 is 0 Å². The van der Waals surface area contributed by atoms with Crippen LogP contribution < -0.4 is 10.6 Å². The third kappa shape index (κ3) is 5.12. The van der Waals surface area contributed by atoms with E-state index in [1.54, 1.807) is 36.4 Å². The van der Waals surface area contributed by atoms with Crippen molar-refractivity contribution >= 4 is 29.1 Å². The molecule has 0 bridgehead atoms. The molecule has 0 unspecified atom stereocenters. The van der Waals surface area contributed by atoms with Gasteiger partial charge in [0.1, 0.15) is 11.5 Å². The third-order valence-electron chi connectivity index (χ3n) is 3.72. The molecule has 0 radical (unpaired) electrons. The van der Waals surface area contributed by atoms with Crippen LogP contribution in [0.15, 0.2) is 66.9 Å². The molecule has 3 rings (SSSR count). The molecule has 7 heteroatoms. The molecule has 3 aromatic rings. The molecule has 27 heavy (non-hydrogen) atoms. The first-order valence-electron chi connectivity index (χ1n) is 8.07. The summed E-state index contributed by atoms with van der Waals surface area (Å²) in [7, 11) is 0. The number of carbonyl (C=O) groups excluding carboxylic acids is 2. The van der Waals surface area contributed by atoms with Gasteiger partial charge in [0.05, 0.1) is 0 Å². The molecule has 0 fully saturated rings. The van der Waals surface area contributed by atoms with Crippen LogP contribution in [0.5, 0.6) is 0 Å². The van der Waals surface area contributed by atoms with Gasteiger partial charge in [0, 0.05) is 29.0 Å². The lowest BCUT2D eigenvalue weighted by atomic mass is 10.2. The molecule has 1 heterocycles. The lowest BCUT2D eigenvalue weighted by Crippen LogP contribution is -2.23. The van der Waals surface area contributed by atoms with Gasteiger partial charge in [0.2, 0.25) is 0 Å². The van der Waals surface area contributed by atoms with Crippen molar-refractivity contribution in [2.24, 2.45) is 0 Å². The van der Waals surface area contributed by atoms with E-state index in [1.165, 1.54) is 30.5 Å². The maximum Gasteiger partial charge on any atom is 0.274 e. The summed E-state index contributed by atoms with van der Waals surface area (Å²) in [6.07, 6.45) is 1.39. The molecular formula is C20H15ClFN3O2. The number of nitrogens with zero attached hydrogens (tertiary/aromatic N) is 1. The zero-order valence-electron chi connectivity index (χ0n) is 14.1. The van der Waals surface area contributed by atoms with Gasteiger partial charge < -0.3 is 10.6 Å². The van der Waals surface area contributed by atoms with E-state index in [0.717, 1.165) is 5.56 Å².